The Kier molecular flexibility index (Phi) is 3.12. The van der Waals surface area contributed by atoms with Gasteiger partial charge in [-0.05, 0) is 37.6 Å². The van der Waals surface area contributed by atoms with Crippen LogP contribution in [0.1, 0.15) is 13.3 Å². The Bertz CT molecular complexity index is 355. The standard InChI is InChI=1S/C12H16FNO2/c1-9-12(8-15,6-7-16-9)14-11-4-2-10(13)3-5-11/h2-5,9,14-15H,6-8H2,1H3. The Morgan fingerprint density at radius 3 is 2.69 bits per heavy atom. The van der Waals surface area contributed by atoms with E-state index in [4.69, 9.17) is 4.74 Å². The summed E-state index contributed by atoms with van der Waals surface area (Å²) in [7, 11) is 0. The number of ether oxygens (including phenoxy) is 1. The van der Waals surface area contributed by atoms with Crippen molar-refractivity contribution in [1.29, 1.82) is 0 Å². The molecule has 2 atom stereocenters. The minimum absolute atomic E-state index is 0.00550. The van der Waals surface area contributed by atoms with E-state index in [1.807, 2.05) is 6.92 Å². The molecular weight excluding hydrogens is 209 g/mol. The second kappa shape index (κ2) is 4.39. The summed E-state index contributed by atoms with van der Waals surface area (Å²) in [6, 6.07) is 6.12. The number of hydrogen-bond acceptors (Lipinski definition) is 3. The van der Waals surface area contributed by atoms with E-state index in [9.17, 15) is 9.50 Å². The Balaban J connectivity index is 2.15. The SMILES string of the molecule is CC1OCCC1(CO)Nc1ccc(F)cc1. The quantitative estimate of drug-likeness (QED) is 0.824. The van der Waals surface area contributed by atoms with Gasteiger partial charge in [-0.1, -0.05) is 0 Å². The van der Waals surface area contributed by atoms with Gasteiger partial charge in [-0.2, -0.15) is 0 Å². The van der Waals surface area contributed by atoms with Crippen LogP contribution >= 0.6 is 0 Å². The monoisotopic (exact) mass is 225 g/mol. The first-order chi connectivity index (χ1) is 7.66. The lowest BCUT2D eigenvalue weighted by molar-refractivity contribution is 0.0792. The average Bonchev–Trinajstić information content (AvgIpc) is 2.64. The molecule has 1 aromatic rings. The van der Waals surface area contributed by atoms with Crippen LogP contribution in [0, 0.1) is 5.82 Å². The molecule has 2 N–H and O–H groups in total. The van der Waals surface area contributed by atoms with E-state index in [0.29, 0.717) is 6.61 Å². The highest BCUT2D eigenvalue weighted by atomic mass is 19.1. The number of halogens is 1. The number of nitrogens with one attached hydrogen (secondary N) is 1. The topological polar surface area (TPSA) is 41.5 Å². The Morgan fingerprint density at radius 2 is 2.19 bits per heavy atom. The molecule has 1 saturated heterocycles. The molecule has 0 spiro atoms. The van der Waals surface area contributed by atoms with Crippen LogP contribution in [0.3, 0.4) is 0 Å². The summed E-state index contributed by atoms with van der Waals surface area (Å²) >= 11 is 0. The van der Waals surface area contributed by atoms with E-state index in [1.54, 1.807) is 12.1 Å². The molecule has 0 radical (unpaired) electrons. The number of hydrogen-bond donors (Lipinski definition) is 2. The number of anilines is 1. The molecule has 1 aromatic carbocycles. The number of aliphatic hydroxyl groups excluding tert-OH is 1. The lowest BCUT2D eigenvalue weighted by Gasteiger charge is -2.32. The van der Waals surface area contributed by atoms with Gasteiger partial charge in [-0.15, -0.1) is 0 Å². The number of benzene rings is 1. The van der Waals surface area contributed by atoms with Gasteiger partial charge in [-0.25, -0.2) is 4.39 Å². The van der Waals surface area contributed by atoms with Gasteiger partial charge in [0, 0.05) is 12.3 Å². The first-order valence-electron chi connectivity index (χ1n) is 5.42. The third-order valence-corrected chi connectivity index (χ3v) is 3.21. The first-order valence-corrected chi connectivity index (χ1v) is 5.42. The maximum Gasteiger partial charge on any atom is 0.123 e. The van der Waals surface area contributed by atoms with Gasteiger partial charge in [0.05, 0.1) is 18.2 Å². The Labute approximate surface area is 94.2 Å². The molecule has 0 saturated carbocycles. The molecule has 4 heteroatoms. The average molecular weight is 225 g/mol. The fourth-order valence-corrected chi connectivity index (χ4v) is 2.01. The molecule has 0 bridgehead atoms. The molecule has 0 amide bonds. The number of rotatable bonds is 3. The molecule has 2 unspecified atom stereocenters. The summed E-state index contributed by atoms with van der Waals surface area (Å²) in [5, 5.41) is 12.7. The highest BCUT2D eigenvalue weighted by Crippen LogP contribution is 2.29. The Hall–Kier alpha value is -1.13. The van der Waals surface area contributed by atoms with Crippen molar-refractivity contribution in [2.24, 2.45) is 0 Å². The zero-order chi connectivity index (χ0) is 11.6. The number of aliphatic hydroxyl groups is 1. The van der Waals surface area contributed by atoms with Gasteiger partial charge < -0.3 is 15.2 Å². The molecule has 0 aliphatic carbocycles. The van der Waals surface area contributed by atoms with Crippen molar-refractivity contribution >= 4 is 5.69 Å². The summed E-state index contributed by atoms with van der Waals surface area (Å²) in [6.45, 7) is 2.57. The maximum atomic E-state index is 12.8. The predicted molar refractivity (Wildman–Crippen MR) is 59.9 cm³/mol. The highest BCUT2D eigenvalue weighted by Gasteiger charge is 2.40. The molecule has 1 heterocycles. The van der Waals surface area contributed by atoms with E-state index in [0.717, 1.165) is 12.1 Å². The Morgan fingerprint density at radius 1 is 1.50 bits per heavy atom. The second-order valence-corrected chi connectivity index (χ2v) is 4.21. The predicted octanol–water partition coefficient (Wildman–Crippen LogP) is 1.78. The van der Waals surface area contributed by atoms with Crippen molar-refractivity contribution < 1.29 is 14.2 Å². The summed E-state index contributed by atoms with van der Waals surface area (Å²) in [4.78, 5) is 0. The fraction of sp³-hybridized carbons (Fsp3) is 0.500. The maximum absolute atomic E-state index is 12.8. The van der Waals surface area contributed by atoms with E-state index < -0.39 is 5.54 Å². The zero-order valence-corrected chi connectivity index (χ0v) is 9.24. The molecule has 16 heavy (non-hydrogen) atoms. The third kappa shape index (κ3) is 2.03. The molecule has 1 fully saturated rings. The molecule has 1 aliphatic rings. The van der Waals surface area contributed by atoms with E-state index >= 15 is 0 Å². The fourth-order valence-electron chi connectivity index (χ4n) is 2.01. The van der Waals surface area contributed by atoms with Gasteiger partial charge in [0.15, 0.2) is 0 Å². The van der Waals surface area contributed by atoms with E-state index in [-0.39, 0.29) is 18.5 Å². The lowest BCUT2D eigenvalue weighted by atomic mass is 9.92. The van der Waals surface area contributed by atoms with Gasteiger partial charge in [-0.3, -0.25) is 0 Å². The summed E-state index contributed by atoms with van der Waals surface area (Å²) in [5.41, 5.74) is 0.352. The third-order valence-electron chi connectivity index (χ3n) is 3.21. The van der Waals surface area contributed by atoms with Crippen molar-refractivity contribution in [3.63, 3.8) is 0 Å². The zero-order valence-electron chi connectivity index (χ0n) is 9.24. The molecule has 1 aliphatic heterocycles. The molecule has 2 rings (SSSR count). The van der Waals surface area contributed by atoms with Crippen molar-refractivity contribution in [2.45, 2.75) is 25.0 Å². The van der Waals surface area contributed by atoms with Gasteiger partial charge >= 0.3 is 0 Å². The van der Waals surface area contributed by atoms with Crippen molar-refractivity contribution in [1.82, 2.24) is 0 Å². The molecule has 0 aromatic heterocycles. The van der Waals surface area contributed by atoms with Crippen LogP contribution < -0.4 is 5.32 Å². The van der Waals surface area contributed by atoms with E-state index in [1.165, 1.54) is 12.1 Å². The van der Waals surface area contributed by atoms with Gasteiger partial charge in [0.2, 0.25) is 0 Å². The van der Waals surface area contributed by atoms with Crippen LogP contribution in [0.2, 0.25) is 0 Å². The van der Waals surface area contributed by atoms with E-state index in [2.05, 4.69) is 5.32 Å². The molecular formula is C12H16FNO2. The van der Waals surface area contributed by atoms with Crippen LogP contribution in [0.25, 0.3) is 0 Å². The minimum Gasteiger partial charge on any atom is -0.394 e. The summed E-state index contributed by atoms with van der Waals surface area (Å²) < 4.78 is 18.2. The molecule has 3 nitrogen and oxygen atoms in total. The summed E-state index contributed by atoms with van der Waals surface area (Å²) in [6.07, 6.45) is 0.699. The minimum atomic E-state index is -0.447. The second-order valence-electron chi connectivity index (χ2n) is 4.21. The normalized spacial score (nSPS) is 29.3. The largest absolute Gasteiger partial charge is 0.394 e. The van der Waals surface area contributed by atoms with Crippen LogP contribution in [-0.4, -0.2) is 30.0 Å². The van der Waals surface area contributed by atoms with Crippen LogP contribution in [0.15, 0.2) is 24.3 Å². The lowest BCUT2D eigenvalue weighted by Crippen LogP contribution is -2.47. The van der Waals surface area contributed by atoms with Crippen LogP contribution in [-0.2, 0) is 4.74 Å². The van der Waals surface area contributed by atoms with Crippen molar-refractivity contribution in [3.05, 3.63) is 30.1 Å². The first kappa shape index (κ1) is 11.4. The van der Waals surface area contributed by atoms with Crippen molar-refractivity contribution in [3.8, 4) is 0 Å². The van der Waals surface area contributed by atoms with Crippen LogP contribution in [0.5, 0.6) is 0 Å². The van der Waals surface area contributed by atoms with Crippen molar-refractivity contribution in [2.75, 3.05) is 18.5 Å². The summed E-state index contributed by atoms with van der Waals surface area (Å²) in [5.74, 6) is -0.265. The smallest absolute Gasteiger partial charge is 0.123 e. The van der Waals surface area contributed by atoms with Crippen LogP contribution in [0.4, 0.5) is 10.1 Å². The molecule has 88 valence electrons. The highest BCUT2D eigenvalue weighted by molar-refractivity contribution is 5.46. The van der Waals surface area contributed by atoms with Gasteiger partial charge in [0.25, 0.3) is 0 Å². The van der Waals surface area contributed by atoms with Gasteiger partial charge in [0.1, 0.15) is 5.82 Å².